The fraction of sp³-hybridized carbons (Fsp3) is 0.412. The normalized spacial score (nSPS) is 20.9. The van der Waals surface area contributed by atoms with Crippen LogP contribution in [-0.4, -0.2) is 29.5 Å². The minimum absolute atomic E-state index is 0.135. The summed E-state index contributed by atoms with van der Waals surface area (Å²) in [7, 11) is 0. The van der Waals surface area contributed by atoms with Gasteiger partial charge in [0.25, 0.3) is 0 Å². The van der Waals surface area contributed by atoms with Crippen LogP contribution in [0.25, 0.3) is 0 Å². The number of amides is 2. The summed E-state index contributed by atoms with van der Waals surface area (Å²) in [5.74, 6) is -0.870. The zero-order valence-electron chi connectivity index (χ0n) is 13.4. The maximum Gasteiger partial charge on any atom is 0.338 e. The van der Waals surface area contributed by atoms with Crippen molar-refractivity contribution in [2.45, 2.75) is 38.8 Å². The van der Waals surface area contributed by atoms with E-state index in [0.29, 0.717) is 16.8 Å². The van der Waals surface area contributed by atoms with Crippen LogP contribution < -0.4 is 5.32 Å². The molecular formula is C17H18BrFN2O3. The van der Waals surface area contributed by atoms with E-state index in [2.05, 4.69) is 21.2 Å². The maximum atomic E-state index is 13.5. The molecule has 5 nitrogen and oxygen atoms in total. The van der Waals surface area contributed by atoms with Crippen molar-refractivity contribution in [1.29, 1.82) is 0 Å². The zero-order valence-corrected chi connectivity index (χ0v) is 15.0. The number of nitrogens with zero attached hydrogens (tertiary/aromatic N) is 1. The highest BCUT2D eigenvalue weighted by Gasteiger charge is 2.42. The first-order valence-corrected chi connectivity index (χ1v) is 8.66. The molecule has 1 saturated carbocycles. The quantitative estimate of drug-likeness (QED) is 0.790. The number of hydrogen-bond donors (Lipinski definition) is 1. The van der Waals surface area contributed by atoms with Gasteiger partial charge in [0.05, 0.1) is 22.7 Å². The Hall–Kier alpha value is -1.89. The molecule has 0 saturated heterocycles. The largest absolute Gasteiger partial charge is 0.463 e. The molecule has 1 aliphatic carbocycles. The molecule has 2 aliphatic rings. The average Bonchev–Trinajstić information content (AvgIpc) is 3.34. The zero-order chi connectivity index (χ0) is 17.4. The first-order valence-electron chi connectivity index (χ1n) is 7.86. The summed E-state index contributed by atoms with van der Waals surface area (Å²) < 4.78 is 19.0. The number of carbonyl (C=O) groups excluding carboxylic acids is 2. The standard InChI is InChI=1S/C17H18BrFN2O3/c1-3-24-16(22)14-9(2)21(11-5-6-11)17(23)20-15(14)10-4-7-13(19)12(18)8-10/h4,7-8,11,15H,3,5-6H2,1-2H3,(H,20,23)/t15-/m0/s1. The van der Waals surface area contributed by atoms with Crippen molar-refractivity contribution < 1.29 is 18.7 Å². The van der Waals surface area contributed by atoms with Gasteiger partial charge in [-0.15, -0.1) is 0 Å². The van der Waals surface area contributed by atoms with Gasteiger partial charge in [0.1, 0.15) is 5.82 Å². The van der Waals surface area contributed by atoms with E-state index in [1.54, 1.807) is 30.9 Å². The Labute approximate surface area is 148 Å². The lowest BCUT2D eigenvalue weighted by Crippen LogP contribution is -2.48. The number of carbonyl (C=O) groups is 2. The number of nitrogens with one attached hydrogen (secondary N) is 1. The summed E-state index contributed by atoms with van der Waals surface area (Å²) in [5.41, 5.74) is 1.61. The number of halogens is 2. The molecule has 1 aromatic rings. The van der Waals surface area contributed by atoms with Crippen LogP contribution in [0.2, 0.25) is 0 Å². The average molecular weight is 397 g/mol. The monoisotopic (exact) mass is 396 g/mol. The number of urea groups is 1. The highest BCUT2D eigenvalue weighted by molar-refractivity contribution is 9.10. The van der Waals surface area contributed by atoms with Gasteiger partial charge in [0, 0.05) is 11.7 Å². The van der Waals surface area contributed by atoms with Crippen LogP contribution in [0.15, 0.2) is 33.9 Å². The SMILES string of the molecule is CCOC(=O)C1=C(C)N(C2CC2)C(=O)N[C@H]1c1ccc(F)c(Br)c1. The predicted octanol–water partition coefficient (Wildman–Crippen LogP) is 3.65. The van der Waals surface area contributed by atoms with Crippen molar-refractivity contribution in [2.24, 2.45) is 0 Å². The number of ether oxygens (including phenoxy) is 1. The Kier molecular flexibility index (Phi) is 4.62. The van der Waals surface area contributed by atoms with Gasteiger partial charge >= 0.3 is 12.0 Å². The van der Waals surface area contributed by atoms with E-state index < -0.39 is 17.8 Å². The van der Waals surface area contributed by atoms with Gasteiger partial charge in [-0.2, -0.15) is 0 Å². The van der Waals surface area contributed by atoms with Crippen LogP contribution in [0.4, 0.5) is 9.18 Å². The summed E-state index contributed by atoms with van der Waals surface area (Å²) in [5, 5.41) is 2.86. The van der Waals surface area contributed by atoms with Crippen LogP contribution in [0.5, 0.6) is 0 Å². The second-order valence-corrected chi connectivity index (χ2v) is 6.73. The van der Waals surface area contributed by atoms with Gasteiger partial charge in [-0.1, -0.05) is 6.07 Å². The van der Waals surface area contributed by atoms with Crippen LogP contribution in [0, 0.1) is 5.82 Å². The van der Waals surface area contributed by atoms with Gasteiger partial charge in [0.15, 0.2) is 0 Å². The number of benzene rings is 1. The van der Waals surface area contributed by atoms with Gasteiger partial charge in [-0.05, 0) is 60.3 Å². The molecule has 0 spiro atoms. The fourth-order valence-corrected chi connectivity index (χ4v) is 3.34. The third-order valence-electron chi connectivity index (χ3n) is 4.21. The van der Waals surface area contributed by atoms with Crippen molar-refractivity contribution in [2.75, 3.05) is 6.61 Å². The summed E-state index contributed by atoms with van der Waals surface area (Å²) in [6.45, 7) is 3.74. The number of allylic oxidation sites excluding steroid dienone is 1. The highest BCUT2D eigenvalue weighted by atomic mass is 79.9. The summed E-state index contributed by atoms with van der Waals surface area (Å²) in [4.78, 5) is 26.6. The molecule has 7 heteroatoms. The molecular weight excluding hydrogens is 379 g/mol. The molecule has 0 unspecified atom stereocenters. The lowest BCUT2D eigenvalue weighted by molar-refractivity contribution is -0.139. The molecule has 3 rings (SSSR count). The molecule has 1 aliphatic heterocycles. The maximum absolute atomic E-state index is 13.5. The minimum atomic E-state index is -0.663. The second kappa shape index (κ2) is 6.55. The number of esters is 1. The van der Waals surface area contributed by atoms with Crippen molar-refractivity contribution in [3.63, 3.8) is 0 Å². The van der Waals surface area contributed by atoms with Crippen LogP contribution >= 0.6 is 15.9 Å². The molecule has 1 heterocycles. The molecule has 0 aromatic heterocycles. The predicted molar refractivity (Wildman–Crippen MR) is 89.6 cm³/mol. The Morgan fingerprint density at radius 3 is 2.75 bits per heavy atom. The van der Waals surface area contributed by atoms with Crippen molar-refractivity contribution in [3.05, 3.63) is 45.3 Å². The second-order valence-electron chi connectivity index (χ2n) is 5.88. The summed E-state index contributed by atoms with van der Waals surface area (Å²) >= 11 is 3.15. The molecule has 1 N–H and O–H groups in total. The lowest BCUT2D eigenvalue weighted by atomic mass is 9.95. The lowest BCUT2D eigenvalue weighted by Gasteiger charge is -2.35. The van der Waals surface area contributed by atoms with E-state index in [0.717, 1.165) is 12.8 Å². The highest BCUT2D eigenvalue weighted by Crippen LogP contribution is 2.38. The topological polar surface area (TPSA) is 58.6 Å². The first kappa shape index (κ1) is 17.0. The first-order chi connectivity index (χ1) is 11.4. The smallest absolute Gasteiger partial charge is 0.338 e. The molecule has 1 fully saturated rings. The van der Waals surface area contributed by atoms with E-state index >= 15 is 0 Å². The van der Waals surface area contributed by atoms with E-state index in [9.17, 15) is 14.0 Å². The van der Waals surface area contributed by atoms with Crippen molar-refractivity contribution in [1.82, 2.24) is 10.2 Å². The molecule has 1 atom stereocenters. The number of hydrogen-bond acceptors (Lipinski definition) is 3. The Morgan fingerprint density at radius 1 is 1.46 bits per heavy atom. The fourth-order valence-electron chi connectivity index (χ4n) is 2.94. The molecule has 0 radical (unpaired) electrons. The van der Waals surface area contributed by atoms with Crippen LogP contribution in [-0.2, 0) is 9.53 Å². The molecule has 1 aromatic carbocycles. The Balaban J connectivity index is 2.07. The van der Waals surface area contributed by atoms with Gasteiger partial charge in [-0.3, -0.25) is 4.90 Å². The summed E-state index contributed by atoms with van der Waals surface area (Å²) in [6.07, 6.45) is 1.85. The van der Waals surface area contributed by atoms with Crippen LogP contribution in [0.3, 0.4) is 0 Å². The third-order valence-corrected chi connectivity index (χ3v) is 4.82. The van der Waals surface area contributed by atoms with E-state index in [4.69, 9.17) is 4.74 Å². The van der Waals surface area contributed by atoms with E-state index in [1.807, 2.05) is 0 Å². The third kappa shape index (κ3) is 3.05. The minimum Gasteiger partial charge on any atom is -0.463 e. The van der Waals surface area contributed by atoms with Gasteiger partial charge in [-0.25, -0.2) is 14.0 Å². The van der Waals surface area contributed by atoms with Gasteiger partial charge in [0.2, 0.25) is 0 Å². The summed E-state index contributed by atoms with van der Waals surface area (Å²) in [6, 6.07) is 3.66. The molecule has 24 heavy (non-hydrogen) atoms. The van der Waals surface area contributed by atoms with Crippen molar-refractivity contribution >= 4 is 27.9 Å². The van der Waals surface area contributed by atoms with E-state index in [1.165, 1.54) is 6.07 Å². The Bertz CT molecular complexity index is 731. The molecule has 128 valence electrons. The van der Waals surface area contributed by atoms with Crippen LogP contribution in [0.1, 0.15) is 38.3 Å². The molecule has 2 amide bonds. The van der Waals surface area contributed by atoms with Gasteiger partial charge < -0.3 is 10.1 Å². The number of rotatable bonds is 4. The molecule has 0 bridgehead atoms. The van der Waals surface area contributed by atoms with Crippen molar-refractivity contribution in [3.8, 4) is 0 Å². The Morgan fingerprint density at radius 2 is 2.17 bits per heavy atom. The van der Waals surface area contributed by atoms with E-state index in [-0.39, 0.29) is 23.2 Å².